The molecule has 2 heteroatoms. The quantitative estimate of drug-likeness (QED) is 0.636. The zero-order valence-corrected chi connectivity index (χ0v) is 8.95. The lowest BCUT2D eigenvalue weighted by molar-refractivity contribution is 0.0369. The van der Waals surface area contributed by atoms with Gasteiger partial charge in [0, 0.05) is 6.61 Å². The standard InChI is InChI=1S/C13H17O2/c1-2-4-12(5-3-1)10-14-8-9-15-11-13-6-7-13/h2-5,13H,6-11H2. The van der Waals surface area contributed by atoms with E-state index < -0.39 is 0 Å². The number of benzene rings is 1. The topological polar surface area (TPSA) is 18.5 Å². The second kappa shape index (κ2) is 5.89. The van der Waals surface area contributed by atoms with Crippen molar-refractivity contribution in [1.82, 2.24) is 0 Å². The monoisotopic (exact) mass is 205 g/mol. The van der Waals surface area contributed by atoms with Crippen molar-refractivity contribution in [2.24, 2.45) is 5.92 Å². The molecule has 1 aliphatic rings. The van der Waals surface area contributed by atoms with Gasteiger partial charge in [-0.1, -0.05) is 24.3 Å². The predicted molar refractivity (Wildman–Crippen MR) is 58.5 cm³/mol. The fourth-order valence-corrected chi connectivity index (χ4v) is 1.36. The first-order valence-corrected chi connectivity index (χ1v) is 5.55. The van der Waals surface area contributed by atoms with Crippen LogP contribution in [0.5, 0.6) is 0 Å². The van der Waals surface area contributed by atoms with Crippen molar-refractivity contribution in [3.05, 3.63) is 35.9 Å². The molecule has 0 unspecified atom stereocenters. The highest BCUT2D eigenvalue weighted by molar-refractivity contribution is 5.12. The fraction of sp³-hybridized carbons (Fsp3) is 0.538. The van der Waals surface area contributed by atoms with E-state index in [2.05, 4.69) is 6.07 Å². The minimum absolute atomic E-state index is 0.668. The van der Waals surface area contributed by atoms with E-state index >= 15 is 0 Å². The molecule has 0 aliphatic heterocycles. The zero-order valence-electron chi connectivity index (χ0n) is 8.95. The van der Waals surface area contributed by atoms with Crippen molar-refractivity contribution < 1.29 is 9.47 Å². The summed E-state index contributed by atoms with van der Waals surface area (Å²) in [5, 5.41) is 0. The summed E-state index contributed by atoms with van der Waals surface area (Å²) in [7, 11) is 0. The first-order valence-electron chi connectivity index (χ1n) is 5.55. The van der Waals surface area contributed by atoms with Gasteiger partial charge < -0.3 is 9.47 Å². The van der Waals surface area contributed by atoms with Gasteiger partial charge in [-0.15, -0.1) is 0 Å². The molecule has 2 rings (SSSR count). The Hall–Kier alpha value is -0.860. The van der Waals surface area contributed by atoms with Crippen LogP contribution in [0.3, 0.4) is 0 Å². The van der Waals surface area contributed by atoms with Gasteiger partial charge in [0.2, 0.25) is 0 Å². The van der Waals surface area contributed by atoms with Crippen LogP contribution in [0.25, 0.3) is 0 Å². The highest BCUT2D eigenvalue weighted by Gasteiger charge is 2.20. The Bertz CT molecular complexity index is 267. The summed E-state index contributed by atoms with van der Waals surface area (Å²) in [6.07, 6.45) is 2.70. The van der Waals surface area contributed by atoms with Crippen LogP contribution >= 0.6 is 0 Å². The Morgan fingerprint density at radius 2 is 1.87 bits per heavy atom. The molecule has 0 amide bonds. The molecule has 0 heterocycles. The molecular formula is C13H17O2. The Morgan fingerprint density at radius 1 is 1.13 bits per heavy atom. The highest BCUT2D eigenvalue weighted by Crippen LogP contribution is 2.28. The number of hydrogen-bond donors (Lipinski definition) is 0. The maximum absolute atomic E-state index is 5.48. The van der Waals surface area contributed by atoms with Crippen molar-refractivity contribution >= 4 is 0 Å². The molecule has 15 heavy (non-hydrogen) atoms. The summed E-state index contributed by atoms with van der Waals surface area (Å²) in [5.74, 6) is 0.842. The lowest BCUT2D eigenvalue weighted by atomic mass is 10.2. The van der Waals surface area contributed by atoms with Crippen molar-refractivity contribution in [1.29, 1.82) is 0 Å². The van der Waals surface area contributed by atoms with Gasteiger partial charge in [-0.3, -0.25) is 0 Å². The summed E-state index contributed by atoms with van der Waals surface area (Å²) < 4.78 is 10.9. The lowest BCUT2D eigenvalue weighted by Crippen LogP contribution is -2.06. The van der Waals surface area contributed by atoms with Crippen LogP contribution in [0.2, 0.25) is 0 Å². The molecule has 1 aromatic rings. The molecule has 2 nitrogen and oxygen atoms in total. The van der Waals surface area contributed by atoms with E-state index in [1.807, 2.05) is 24.3 Å². The minimum atomic E-state index is 0.668. The van der Waals surface area contributed by atoms with Gasteiger partial charge in [-0.2, -0.15) is 0 Å². The van der Waals surface area contributed by atoms with E-state index in [4.69, 9.17) is 9.47 Å². The third-order valence-electron chi connectivity index (χ3n) is 2.48. The predicted octanol–water partition coefficient (Wildman–Crippen LogP) is 2.43. The summed E-state index contributed by atoms with van der Waals surface area (Å²) in [5.41, 5.74) is 1.19. The van der Waals surface area contributed by atoms with Crippen molar-refractivity contribution in [2.75, 3.05) is 19.8 Å². The second-order valence-corrected chi connectivity index (χ2v) is 3.98. The SMILES string of the molecule is [c]1ccc(COCCOCC2CC2)cc1. The lowest BCUT2D eigenvalue weighted by Gasteiger charge is -2.05. The van der Waals surface area contributed by atoms with Crippen LogP contribution in [0.4, 0.5) is 0 Å². The molecule has 0 saturated heterocycles. The van der Waals surface area contributed by atoms with Crippen molar-refractivity contribution in [3.8, 4) is 0 Å². The minimum Gasteiger partial charge on any atom is -0.379 e. The molecule has 1 radical (unpaired) electrons. The average Bonchev–Trinajstić information content (AvgIpc) is 3.09. The van der Waals surface area contributed by atoms with E-state index in [1.54, 1.807) is 0 Å². The Kier molecular flexibility index (Phi) is 4.18. The summed E-state index contributed by atoms with van der Waals surface area (Å²) in [6, 6.07) is 10.8. The van der Waals surface area contributed by atoms with Crippen LogP contribution in [-0.4, -0.2) is 19.8 Å². The van der Waals surface area contributed by atoms with E-state index in [0.717, 1.165) is 19.1 Å². The van der Waals surface area contributed by atoms with E-state index in [1.165, 1.54) is 18.4 Å². The van der Waals surface area contributed by atoms with Gasteiger partial charge in [-0.05, 0) is 30.4 Å². The third kappa shape index (κ3) is 4.45. The Balaban J connectivity index is 1.47. The Morgan fingerprint density at radius 3 is 2.60 bits per heavy atom. The van der Waals surface area contributed by atoms with E-state index in [0.29, 0.717) is 13.2 Å². The van der Waals surface area contributed by atoms with Crippen LogP contribution in [0.1, 0.15) is 18.4 Å². The van der Waals surface area contributed by atoms with E-state index in [9.17, 15) is 0 Å². The van der Waals surface area contributed by atoms with Crippen LogP contribution in [0.15, 0.2) is 24.3 Å². The maximum atomic E-state index is 5.48. The molecule has 0 spiro atoms. The van der Waals surface area contributed by atoms with Gasteiger partial charge in [0.15, 0.2) is 0 Å². The first-order chi connectivity index (χ1) is 7.45. The number of rotatable bonds is 7. The van der Waals surface area contributed by atoms with E-state index in [-0.39, 0.29) is 0 Å². The number of hydrogen-bond acceptors (Lipinski definition) is 2. The maximum Gasteiger partial charge on any atom is 0.0718 e. The van der Waals surface area contributed by atoms with Crippen LogP contribution < -0.4 is 0 Å². The largest absolute Gasteiger partial charge is 0.379 e. The summed E-state index contributed by atoms with van der Waals surface area (Å²) in [6.45, 7) is 2.99. The first kappa shape index (κ1) is 10.7. The van der Waals surface area contributed by atoms with Gasteiger partial charge in [0.25, 0.3) is 0 Å². The van der Waals surface area contributed by atoms with Crippen molar-refractivity contribution in [2.45, 2.75) is 19.4 Å². The third-order valence-corrected chi connectivity index (χ3v) is 2.48. The smallest absolute Gasteiger partial charge is 0.0718 e. The normalized spacial score (nSPS) is 15.5. The average molecular weight is 205 g/mol. The molecule has 1 aliphatic carbocycles. The van der Waals surface area contributed by atoms with Gasteiger partial charge in [-0.25, -0.2) is 0 Å². The van der Waals surface area contributed by atoms with Crippen LogP contribution in [0, 0.1) is 12.0 Å². The van der Waals surface area contributed by atoms with Crippen LogP contribution in [-0.2, 0) is 16.1 Å². The molecule has 0 aromatic heterocycles. The molecule has 0 atom stereocenters. The summed E-state index contributed by atoms with van der Waals surface area (Å²) >= 11 is 0. The molecule has 0 bridgehead atoms. The molecular weight excluding hydrogens is 188 g/mol. The van der Waals surface area contributed by atoms with Gasteiger partial charge in [0.1, 0.15) is 0 Å². The second-order valence-electron chi connectivity index (χ2n) is 3.98. The molecule has 1 fully saturated rings. The fourth-order valence-electron chi connectivity index (χ4n) is 1.36. The molecule has 81 valence electrons. The molecule has 0 N–H and O–H groups in total. The molecule has 1 aromatic carbocycles. The molecule has 1 saturated carbocycles. The Labute approximate surface area is 91.2 Å². The highest BCUT2D eigenvalue weighted by atomic mass is 16.5. The number of ether oxygens (including phenoxy) is 2. The summed E-state index contributed by atoms with van der Waals surface area (Å²) in [4.78, 5) is 0. The zero-order chi connectivity index (χ0) is 10.3. The van der Waals surface area contributed by atoms with Crippen molar-refractivity contribution in [3.63, 3.8) is 0 Å². The van der Waals surface area contributed by atoms with Gasteiger partial charge >= 0.3 is 0 Å². The van der Waals surface area contributed by atoms with Gasteiger partial charge in [0.05, 0.1) is 19.8 Å².